The van der Waals surface area contributed by atoms with Crippen molar-refractivity contribution < 1.29 is 18.9 Å². The van der Waals surface area contributed by atoms with E-state index in [0.717, 1.165) is 0 Å². The SMILES string of the molecule is CN1C[C@H](c2ccc([N+](=O)[O-])cc2)[C@H](C(=O)c2cccnc2)[C@]12C(=O)Nc1ccc(F)cc12. The van der Waals surface area contributed by atoms with E-state index in [4.69, 9.17) is 0 Å². The number of aromatic nitrogens is 1. The summed E-state index contributed by atoms with van der Waals surface area (Å²) in [6.45, 7) is 0.317. The van der Waals surface area contributed by atoms with Gasteiger partial charge in [0.1, 0.15) is 11.4 Å². The Labute approximate surface area is 188 Å². The molecule has 2 aromatic carbocycles. The van der Waals surface area contributed by atoms with Gasteiger partial charge in [-0.2, -0.15) is 0 Å². The average molecular weight is 446 g/mol. The van der Waals surface area contributed by atoms with Crippen molar-refractivity contribution in [2.24, 2.45) is 5.92 Å². The Morgan fingerprint density at radius 1 is 1.24 bits per heavy atom. The topological polar surface area (TPSA) is 105 Å². The molecule has 166 valence electrons. The van der Waals surface area contributed by atoms with E-state index in [9.17, 15) is 24.1 Å². The third-order valence-corrected chi connectivity index (χ3v) is 6.67. The highest BCUT2D eigenvalue weighted by molar-refractivity contribution is 6.12. The highest BCUT2D eigenvalue weighted by Crippen LogP contribution is 2.55. The van der Waals surface area contributed by atoms with Crippen molar-refractivity contribution in [3.05, 3.63) is 99.6 Å². The minimum absolute atomic E-state index is 0.0685. The fourth-order valence-corrected chi connectivity index (χ4v) is 5.24. The number of amides is 1. The van der Waals surface area contributed by atoms with Crippen molar-refractivity contribution >= 4 is 23.1 Å². The molecule has 2 aliphatic rings. The second kappa shape index (κ2) is 7.56. The molecule has 3 aromatic rings. The van der Waals surface area contributed by atoms with Crippen LogP contribution in [0.25, 0.3) is 0 Å². The van der Waals surface area contributed by atoms with Gasteiger partial charge in [-0.25, -0.2) is 4.39 Å². The van der Waals surface area contributed by atoms with Crippen molar-refractivity contribution in [3.8, 4) is 0 Å². The van der Waals surface area contributed by atoms with Crippen molar-refractivity contribution in [2.75, 3.05) is 18.9 Å². The molecule has 5 rings (SSSR count). The summed E-state index contributed by atoms with van der Waals surface area (Å²) < 4.78 is 14.3. The van der Waals surface area contributed by atoms with E-state index in [1.807, 2.05) is 0 Å². The normalized spacial score (nSPS) is 24.0. The number of Topliss-reactive ketones (excluding diaryl/α,β-unsaturated/α-hetero) is 1. The molecule has 1 spiro atoms. The first-order chi connectivity index (χ1) is 15.8. The number of ketones is 1. The molecule has 0 radical (unpaired) electrons. The van der Waals surface area contributed by atoms with Crippen molar-refractivity contribution in [3.63, 3.8) is 0 Å². The van der Waals surface area contributed by atoms with E-state index in [0.29, 0.717) is 28.9 Å². The van der Waals surface area contributed by atoms with E-state index in [1.165, 1.54) is 36.5 Å². The maximum atomic E-state index is 14.3. The number of pyridine rings is 1. The maximum Gasteiger partial charge on any atom is 0.269 e. The number of rotatable bonds is 4. The molecule has 8 nitrogen and oxygen atoms in total. The predicted molar refractivity (Wildman–Crippen MR) is 117 cm³/mol. The Bertz CT molecular complexity index is 1280. The second-order valence-corrected chi connectivity index (χ2v) is 8.33. The van der Waals surface area contributed by atoms with Crippen molar-refractivity contribution in [1.29, 1.82) is 0 Å². The molecule has 0 unspecified atom stereocenters. The molecule has 2 aliphatic heterocycles. The summed E-state index contributed by atoms with van der Waals surface area (Å²) in [5.74, 6) is -2.59. The van der Waals surface area contributed by atoms with Crippen LogP contribution in [0.15, 0.2) is 67.0 Å². The van der Waals surface area contributed by atoms with E-state index in [-0.39, 0.29) is 11.5 Å². The van der Waals surface area contributed by atoms with Gasteiger partial charge >= 0.3 is 0 Å². The lowest BCUT2D eigenvalue weighted by Crippen LogP contribution is -2.51. The smallest absolute Gasteiger partial charge is 0.269 e. The Kier molecular flexibility index (Phi) is 4.79. The zero-order chi connectivity index (χ0) is 23.3. The summed E-state index contributed by atoms with van der Waals surface area (Å²) in [5.41, 5.74) is 0.381. The van der Waals surface area contributed by atoms with E-state index < -0.39 is 34.0 Å². The molecule has 33 heavy (non-hydrogen) atoms. The highest BCUT2D eigenvalue weighted by Gasteiger charge is 2.64. The van der Waals surface area contributed by atoms with Crippen LogP contribution in [-0.2, 0) is 10.3 Å². The van der Waals surface area contributed by atoms with Gasteiger partial charge in [-0.05, 0) is 42.9 Å². The Balaban J connectivity index is 1.71. The number of likely N-dealkylation sites (N-methyl/N-ethyl adjacent to an activating group) is 1. The lowest BCUT2D eigenvalue weighted by atomic mass is 9.70. The summed E-state index contributed by atoms with van der Waals surface area (Å²) in [7, 11) is 1.73. The average Bonchev–Trinajstić information content (AvgIpc) is 3.29. The van der Waals surface area contributed by atoms with Gasteiger partial charge < -0.3 is 5.32 Å². The minimum atomic E-state index is -1.43. The van der Waals surface area contributed by atoms with Crippen LogP contribution >= 0.6 is 0 Å². The molecule has 3 heterocycles. The fourth-order valence-electron chi connectivity index (χ4n) is 5.24. The largest absolute Gasteiger partial charge is 0.324 e. The standard InChI is InChI=1S/C24H19FN4O4/c1-28-13-18(14-4-7-17(8-5-14)29(32)33)21(22(30)15-3-2-10-26-12-15)24(28)19-11-16(25)6-9-20(19)27-23(24)31/h2-12,18,21H,13H2,1H3,(H,27,31)/t18-,21-,24-/m1/s1. The zero-order valence-electron chi connectivity index (χ0n) is 17.6. The maximum absolute atomic E-state index is 14.3. The van der Waals surface area contributed by atoms with Gasteiger partial charge in [0, 0.05) is 53.8 Å². The number of anilines is 1. The quantitative estimate of drug-likeness (QED) is 0.374. The number of hydrogen-bond acceptors (Lipinski definition) is 6. The number of nitro benzene ring substituents is 1. The minimum Gasteiger partial charge on any atom is -0.324 e. The molecule has 1 aromatic heterocycles. The summed E-state index contributed by atoms with van der Waals surface area (Å²) in [6, 6.07) is 13.3. The number of nitrogens with zero attached hydrogens (tertiary/aromatic N) is 3. The molecule has 1 amide bonds. The number of carbonyl (C=O) groups is 2. The van der Waals surface area contributed by atoms with Gasteiger partial charge in [0.15, 0.2) is 5.78 Å². The zero-order valence-corrected chi connectivity index (χ0v) is 17.6. The van der Waals surface area contributed by atoms with Gasteiger partial charge in [0.2, 0.25) is 5.91 Å². The molecule has 0 saturated carbocycles. The number of nitrogens with one attached hydrogen (secondary N) is 1. The second-order valence-electron chi connectivity index (χ2n) is 8.33. The molecule has 1 N–H and O–H groups in total. The summed E-state index contributed by atoms with van der Waals surface area (Å²) in [5, 5.41) is 13.9. The molecule has 1 saturated heterocycles. The van der Waals surface area contributed by atoms with Gasteiger partial charge in [0.25, 0.3) is 5.69 Å². The molecule has 9 heteroatoms. The first-order valence-electron chi connectivity index (χ1n) is 10.4. The molecule has 0 bridgehead atoms. The van der Waals surface area contributed by atoms with Gasteiger partial charge in [-0.3, -0.25) is 29.6 Å². The number of fused-ring (bicyclic) bond motifs is 2. The van der Waals surface area contributed by atoms with Gasteiger partial charge in [-0.1, -0.05) is 12.1 Å². The van der Waals surface area contributed by atoms with Gasteiger partial charge in [0.05, 0.1) is 10.8 Å². The Hall–Kier alpha value is -3.98. The number of halogens is 1. The summed E-state index contributed by atoms with van der Waals surface area (Å²) in [6.07, 6.45) is 2.99. The monoisotopic (exact) mass is 446 g/mol. The van der Waals surface area contributed by atoms with Crippen molar-refractivity contribution in [2.45, 2.75) is 11.5 Å². The van der Waals surface area contributed by atoms with Crippen molar-refractivity contribution in [1.82, 2.24) is 9.88 Å². The van der Waals surface area contributed by atoms with Crippen LogP contribution in [0.1, 0.15) is 27.4 Å². The lowest BCUT2D eigenvalue weighted by molar-refractivity contribution is -0.384. The van der Waals surface area contributed by atoms with Crippen LogP contribution in [-0.4, -0.2) is 40.1 Å². The van der Waals surface area contributed by atoms with Crippen LogP contribution in [0.4, 0.5) is 15.8 Å². The fraction of sp³-hybridized carbons (Fsp3) is 0.208. The number of carbonyl (C=O) groups excluding carboxylic acids is 2. The first-order valence-corrected chi connectivity index (χ1v) is 10.4. The summed E-state index contributed by atoms with van der Waals surface area (Å²) >= 11 is 0. The number of nitro groups is 1. The molecule has 3 atom stereocenters. The van der Waals surface area contributed by atoms with Gasteiger partial charge in [-0.15, -0.1) is 0 Å². The third kappa shape index (κ3) is 3.04. The van der Waals surface area contributed by atoms with Crippen LogP contribution in [0.2, 0.25) is 0 Å². The van der Waals surface area contributed by atoms with Crippen LogP contribution in [0, 0.1) is 21.8 Å². The van der Waals surface area contributed by atoms with Crippen LogP contribution < -0.4 is 5.32 Å². The molecular formula is C24H19FN4O4. The first kappa shape index (κ1) is 20.9. The van der Waals surface area contributed by atoms with Crippen LogP contribution in [0.3, 0.4) is 0 Å². The number of benzene rings is 2. The van der Waals surface area contributed by atoms with E-state index in [2.05, 4.69) is 10.3 Å². The Morgan fingerprint density at radius 3 is 2.67 bits per heavy atom. The number of hydrogen-bond donors (Lipinski definition) is 1. The number of likely N-dealkylation sites (tertiary alicyclic amines) is 1. The molecule has 0 aliphatic carbocycles. The molecular weight excluding hydrogens is 427 g/mol. The highest BCUT2D eigenvalue weighted by atomic mass is 19.1. The van der Waals surface area contributed by atoms with E-state index in [1.54, 1.807) is 42.4 Å². The predicted octanol–water partition coefficient (Wildman–Crippen LogP) is 3.50. The number of non-ortho nitro benzene ring substituents is 1. The molecule has 1 fully saturated rings. The van der Waals surface area contributed by atoms with Crippen LogP contribution in [0.5, 0.6) is 0 Å². The summed E-state index contributed by atoms with van der Waals surface area (Å²) in [4.78, 5) is 43.9. The van der Waals surface area contributed by atoms with E-state index >= 15 is 0 Å². The third-order valence-electron chi connectivity index (χ3n) is 6.67. The Morgan fingerprint density at radius 2 is 2.00 bits per heavy atom. The lowest BCUT2D eigenvalue weighted by Gasteiger charge is -2.35.